The van der Waals surface area contributed by atoms with Crippen LogP contribution >= 0.6 is 11.8 Å². The van der Waals surface area contributed by atoms with Crippen molar-refractivity contribution in [3.8, 4) is 16.9 Å². The van der Waals surface area contributed by atoms with E-state index in [1.807, 2.05) is 6.92 Å². The first-order chi connectivity index (χ1) is 18.1. The highest BCUT2D eigenvalue weighted by atomic mass is 32.2. The third-order valence-corrected chi connectivity index (χ3v) is 7.23. The number of carboxylic acid groups (broad SMARTS) is 1. The summed E-state index contributed by atoms with van der Waals surface area (Å²) in [5.41, 5.74) is 2.04. The number of amides is 1. The molecule has 2 aromatic carbocycles. The van der Waals surface area contributed by atoms with Gasteiger partial charge in [0.25, 0.3) is 11.7 Å². The van der Waals surface area contributed by atoms with E-state index in [4.69, 9.17) is 9.47 Å². The lowest BCUT2D eigenvalue weighted by Crippen LogP contribution is -2.58. The third-order valence-electron chi connectivity index (χ3n) is 6.24. The Morgan fingerprint density at radius 1 is 1.13 bits per heavy atom. The second kappa shape index (κ2) is 13.9. The quantitative estimate of drug-likeness (QED) is 0.204. The molecule has 1 heterocycles. The lowest BCUT2D eigenvalue weighted by molar-refractivity contribution is -0.304. The topological polar surface area (TPSA) is 166 Å². The molecule has 0 saturated carbocycles. The fourth-order valence-electron chi connectivity index (χ4n) is 4.18. The number of hydrogen-bond donors (Lipinski definition) is 6. The molecule has 1 saturated heterocycles. The van der Waals surface area contributed by atoms with Crippen LogP contribution in [-0.4, -0.2) is 92.3 Å². The maximum Gasteiger partial charge on any atom is 0.364 e. The minimum atomic E-state index is -2.14. The molecule has 3 rings (SSSR count). The Morgan fingerprint density at radius 2 is 1.76 bits per heavy atom. The number of benzene rings is 2. The SMILES string of the molecule is CCSCCCO[C@]1(C(=O)O)CC(O)C[C@H]([C@H](O)[C@H](O)CNC(=O)c2ccc(-c3ccc(O)cc3)cc2)O1. The van der Waals surface area contributed by atoms with Crippen LogP contribution in [0.15, 0.2) is 48.5 Å². The van der Waals surface area contributed by atoms with Gasteiger partial charge in [0.1, 0.15) is 11.9 Å². The Morgan fingerprint density at radius 3 is 2.37 bits per heavy atom. The predicted molar refractivity (Wildman–Crippen MR) is 142 cm³/mol. The summed E-state index contributed by atoms with van der Waals surface area (Å²) >= 11 is 1.68. The van der Waals surface area contributed by atoms with Crippen molar-refractivity contribution in [3.63, 3.8) is 0 Å². The molecular weight excluding hydrogens is 514 g/mol. The van der Waals surface area contributed by atoms with Crippen molar-refractivity contribution in [3.05, 3.63) is 54.1 Å². The van der Waals surface area contributed by atoms with Crippen LogP contribution in [0.2, 0.25) is 0 Å². The van der Waals surface area contributed by atoms with Crippen molar-refractivity contribution in [1.29, 1.82) is 0 Å². The van der Waals surface area contributed by atoms with Gasteiger partial charge in [0.15, 0.2) is 0 Å². The van der Waals surface area contributed by atoms with Crippen LogP contribution in [0.1, 0.15) is 36.5 Å². The zero-order valence-electron chi connectivity index (χ0n) is 21.2. The highest BCUT2D eigenvalue weighted by molar-refractivity contribution is 7.99. The maximum atomic E-state index is 12.6. The molecule has 208 valence electrons. The molecule has 0 bridgehead atoms. The Kier molecular flexibility index (Phi) is 11.0. The van der Waals surface area contributed by atoms with E-state index in [-0.39, 0.29) is 31.7 Å². The summed E-state index contributed by atoms with van der Waals surface area (Å²) in [5, 5.41) is 53.2. The van der Waals surface area contributed by atoms with E-state index in [0.717, 1.165) is 22.6 Å². The highest BCUT2D eigenvalue weighted by Gasteiger charge is 2.51. The van der Waals surface area contributed by atoms with Gasteiger partial charge in [-0.25, -0.2) is 4.79 Å². The van der Waals surface area contributed by atoms with Gasteiger partial charge in [-0.05, 0) is 53.3 Å². The lowest BCUT2D eigenvalue weighted by atomic mass is 9.93. The van der Waals surface area contributed by atoms with E-state index in [9.17, 15) is 35.1 Å². The van der Waals surface area contributed by atoms with E-state index in [1.165, 1.54) is 0 Å². The molecular formula is C27H35NO9S. The van der Waals surface area contributed by atoms with E-state index < -0.39 is 42.1 Å². The summed E-state index contributed by atoms with van der Waals surface area (Å²) in [6.45, 7) is 1.78. The Hall–Kier alpha value is -2.67. The van der Waals surface area contributed by atoms with Gasteiger partial charge in [-0.2, -0.15) is 11.8 Å². The van der Waals surface area contributed by atoms with Crippen LogP contribution in [0.5, 0.6) is 5.75 Å². The van der Waals surface area contributed by atoms with Crippen molar-refractivity contribution in [2.45, 2.75) is 56.4 Å². The van der Waals surface area contributed by atoms with Crippen molar-refractivity contribution in [2.24, 2.45) is 0 Å². The Balaban J connectivity index is 1.56. The van der Waals surface area contributed by atoms with Crippen molar-refractivity contribution in [1.82, 2.24) is 5.32 Å². The standard InChI is InChI=1S/C27H35NO9S/c1-2-38-13-3-12-36-27(26(34)35)15-21(30)14-23(37-27)24(32)22(31)16-28-25(33)19-6-4-17(5-7-19)18-8-10-20(29)11-9-18/h4-11,21-24,29-32H,2-3,12-16H2,1H3,(H,28,33)(H,34,35)/t21?,22-,23-,24-,27-/m1/s1. The minimum Gasteiger partial charge on any atom is -0.508 e. The summed E-state index contributed by atoms with van der Waals surface area (Å²) in [5.74, 6) is -2.18. The maximum absolute atomic E-state index is 12.6. The number of carbonyl (C=O) groups excluding carboxylic acids is 1. The molecule has 1 aliphatic heterocycles. The number of thioether (sulfide) groups is 1. The van der Waals surface area contributed by atoms with Crippen molar-refractivity contribution < 1.29 is 44.6 Å². The second-order valence-corrected chi connectivity index (χ2v) is 10.5. The van der Waals surface area contributed by atoms with Gasteiger partial charge in [-0.1, -0.05) is 31.2 Å². The smallest absolute Gasteiger partial charge is 0.364 e. The van der Waals surface area contributed by atoms with Crippen LogP contribution in [0.3, 0.4) is 0 Å². The molecule has 0 aliphatic carbocycles. The normalized spacial score (nSPS) is 22.9. The lowest BCUT2D eigenvalue weighted by Gasteiger charge is -2.42. The fraction of sp³-hybridized carbons (Fsp3) is 0.481. The number of carbonyl (C=O) groups is 2. The first kappa shape index (κ1) is 29.9. The Labute approximate surface area is 225 Å². The van der Waals surface area contributed by atoms with Crippen LogP contribution in [-0.2, 0) is 14.3 Å². The van der Waals surface area contributed by atoms with Crippen molar-refractivity contribution >= 4 is 23.6 Å². The number of hydrogen-bond acceptors (Lipinski definition) is 9. The van der Waals surface area contributed by atoms with Crippen molar-refractivity contribution in [2.75, 3.05) is 24.7 Å². The molecule has 2 aromatic rings. The molecule has 1 amide bonds. The number of rotatable bonds is 13. The van der Waals surface area contributed by atoms with Crippen LogP contribution in [0.4, 0.5) is 0 Å². The predicted octanol–water partition coefficient (Wildman–Crippen LogP) is 1.99. The van der Waals surface area contributed by atoms with E-state index >= 15 is 0 Å². The van der Waals surface area contributed by atoms with Crippen LogP contribution < -0.4 is 5.32 Å². The summed E-state index contributed by atoms with van der Waals surface area (Å²) in [6.07, 6.45) is -5.24. The largest absolute Gasteiger partial charge is 0.508 e. The van der Waals surface area contributed by atoms with E-state index in [2.05, 4.69) is 5.32 Å². The molecule has 38 heavy (non-hydrogen) atoms. The number of aliphatic hydroxyl groups is 3. The summed E-state index contributed by atoms with van der Waals surface area (Å²) in [4.78, 5) is 24.6. The average Bonchev–Trinajstić information content (AvgIpc) is 2.91. The van der Waals surface area contributed by atoms with Gasteiger partial charge in [0.05, 0.1) is 24.9 Å². The monoisotopic (exact) mass is 549 g/mol. The molecule has 10 nitrogen and oxygen atoms in total. The molecule has 1 unspecified atom stereocenters. The third kappa shape index (κ3) is 7.92. The van der Waals surface area contributed by atoms with Gasteiger partial charge in [0, 0.05) is 24.9 Å². The van der Waals surface area contributed by atoms with Gasteiger partial charge in [-0.3, -0.25) is 4.79 Å². The average molecular weight is 550 g/mol. The number of nitrogens with one attached hydrogen (secondary N) is 1. The molecule has 1 fully saturated rings. The molecule has 0 aromatic heterocycles. The van der Waals surface area contributed by atoms with Gasteiger partial charge >= 0.3 is 5.97 Å². The number of phenolic OH excluding ortho intramolecular Hbond substituents is 1. The summed E-state index contributed by atoms with van der Waals surface area (Å²) in [7, 11) is 0. The molecule has 11 heteroatoms. The second-order valence-electron chi connectivity index (χ2n) is 9.10. The molecule has 6 N–H and O–H groups in total. The highest BCUT2D eigenvalue weighted by Crippen LogP contribution is 2.33. The first-order valence-corrected chi connectivity index (χ1v) is 13.7. The van der Waals surface area contributed by atoms with Crippen LogP contribution in [0, 0.1) is 0 Å². The molecule has 5 atom stereocenters. The van der Waals surface area contributed by atoms with E-state index in [1.54, 1.807) is 60.3 Å². The fourth-order valence-corrected chi connectivity index (χ4v) is 4.79. The number of phenols is 1. The minimum absolute atomic E-state index is 0.0962. The Bertz CT molecular complexity index is 1050. The molecule has 0 spiro atoms. The first-order valence-electron chi connectivity index (χ1n) is 12.5. The van der Waals surface area contributed by atoms with Gasteiger partial charge < -0.3 is 40.3 Å². The van der Waals surface area contributed by atoms with Crippen LogP contribution in [0.25, 0.3) is 11.1 Å². The zero-order valence-corrected chi connectivity index (χ0v) is 22.0. The number of aliphatic hydroxyl groups excluding tert-OH is 3. The molecule has 0 radical (unpaired) electrons. The molecule has 1 aliphatic rings. The van der Waals surface area contributed by atoms with Gasteiger partial charge in [-0.15, -0.1) is 0 Å². The number of aromatic hydroxyl groups is 1. The number of carboxylic acids is 1. The number of aliphatic carboxylic acids is 1. The summed E-state index contributed by atoms with van der Waals surface area (Å²) in [6, 6.07) is 13.3. The van der Waals surface area contributed by atoms with E-state index in [0.29, 0.717) is 12.0 Å². The van der Waals surface area contributed by atoms with Gasteiger partial charge in [0.2, 0.25) is 0 Å². The number of ether oxygens (including phenoxy) is 2. The zero-order chi connectivity index (χ0) is 27.7. The summed E-state index contributed by atoms with van der Waals surface area (Å²) < 4.78 is 11.2.